The van der Waals surface area contributed by atoms with E-state index in [4.69, 9.17) is 28.9 Å². The summed E-state index contributed by atoms with van der Waals surface area (Å²) in [6.07, 6.45) is 0. The molecule has 0 saturated heterocycles. The molecule has 0 aromatic heterocycles. The molecule has 2 rings (SSSR count). The monoisotopic (exact) mass is 297 g/mol. The zero-order valence-corrected chi connectivity index (χ0v) is 11.1. The first-order valence-corrected chi connectivity index (χ1v) is 6.00. The minimum absolute atomic E-state index is 0.0678. The van der Waals surface area contributed by atoms with Gasteiger partial charge in [-0.1, -0.05) is 35.3 Å². The zero-order chi connectivity index (χ0) is 14.0. The maximum absolute atomic E-state index is 11.0. The average molecular weight is 298 g/mol. The molecule has 0 amide bonds. The first-order valence-electron chi connectivity index (χ1n) is 5.24. The lowest BCUT2D eigenvalue weighted by Gasteiger charge is -2.11. The van der Waals surface area contributed by atoms with E-state index in [1.165, 1.54) is 12.1 Å². The molecule has 2 aromatic carbocycles. The summed E-state index contributed by atoms with van der Waals surface area (Å²) in [5.74, 6) is 0. The van der Waals surface area contributed by atoms with Gasteiger partial charge in [-0.3, -0.25) is 10.1 Å². The molecule has 0 bridgehead atoms. The van der Waals surface area contributed by atoms with Crippen LogP contribution in [0.15, 0.2) is 36.4 Å². The third kappa shape index (κ3) is 2.72. The molecule has 0 aliphatic rings. The minimum atomic E-state index is -0.553. The van der Waals surface area contributed by atoms with Gasteiger partial charge in [0.2, 0.25) is 0 Å². The van der Waals surface area contributed by atoms with Crippen LogP contribution in [0.2, 0.25) is 10.0 Å². The van der Waals surface area contributed by atoms with Crippen molar-refractivity contribution >= 4 is 46.0 Å². The number of nitrogens with zero attached hydrogens (tertiary/aromatic N) is 1. The Labute approximate surface area is 119 Å². The van der Waals surface area contributed by atoms with E-state index in [-0.39, 0.29) is 17.1 Å². The highest BCUT2D eigenvalue weighted by atomic mass is 35.5. The molecule has 0 aliphatic heterocycles. The van der Waals surface area contributed by atoms with Gasteiger partial charge in [0, 0.05) is 0 Å². The fraction of sp³-hybridized carbons (Fsp3) is 0. The van der Waals surface area contributed by atoms with Crippen molar-refractivity contribution in [3.8, 4) is 0 Å². The number of nitrogens with two attached hydrogens (primary N) is 1. The van der Waals surface area contributed by atoms with Gasteiger partial charge in [-0.25, -0.2) is 0 Å². The molecule has 0 fully saturated rings. The van der Waals surface area contributed by atoms with E-state index in [0.717, 1.165) is 0 Å². The number of para-hydroxylation sites is 2. The van der Waals surface area contributed by atoms with Gasteiger partial charge in [-0.2, -0.15) is 0 Å². The normalized spacial score (nSPS) is 10.2. The van der Waals surface area contributed by atoms with E-state index in [2.05, 4.69) is 5.32 Å². The lowest BCUT2D eigenvalue weighted by Crippen LogP contribution is -2.01. The summed E-state index contributed by atoms with van der Waals surface area (Å²) in [4.78, 5) is 10.5. The maximum Gasteiger partial charge on any atom is 0.315 e. The predicted octanol–water partition coefficient (Wildman–Crippen LogP) is 4.23. The standard InChI is InChI=1S/C12H9Cl2N3O2/c13-7-3-1-4-8(14)11(7)16-10-6-2-5-9(15)12(10)17(18)19/h1-6,16H,15H2. The number of anilines is 3. The molecule has 0 radical (unpaired) electrons. The molecule has 0 heterocycles. The van der Waals surface area contributed by atoms with Crippen LogP contribution < -0.4 is 11.1 Å². The number of hydrogen-bond acceptors (Lipinski definition) is 4. The smallest absolute Gasteiger partial charge is 0.315 e. The molecule has 98 valence electrons. The summed E-state index contributed by atoms with van der Waals surface area (Å²) >= 11 is 12.0. The van der Waals surface area contributed by atoms with Gasteiger partial charge in [-0.05, 0) is 24.3 Å². The van der Waals surface area contributed by atoms with E-state index < -0.39 is 4.92 Å². The Hall–Kier alpha value is -1.98. The van der Waals surface area contributed by atoms with Crippen molar-refractivity contribution in [2.75, 3.05) is 11.1 Å². The number of halogens is 2. The molecule has 0 unspecified atom stereocenters. The number of hydrogen-bond donors (Lipinski definition) is 2. The Bertz CT molecular complexity index is 627. The second kappa shape index (κ2) is 5.34. The molecule has 3 N–H and O–H groups in total. The van der Waals surface area contributed by atoms with Crippen molar-refractivity contribution in [1.82, 2.24) is 0 Å². The summed E-state index contributed by atoms with van der Waals surface area (Å²) < 4.78 is 0. The van der Waals surface area contributed by atoms with Crippen molar-refractivity contribution in [2.24, 2.45) is 0 Å². The van der Waals surface area contributed by atoms with E-state index in [0.29, 0.717) is 15.7 Å². The van der Waals surface area contributed by atoms with Gasteiger partial charge in [0.05, 0.1) is 20.7 Å². The van der Waals surface area contributed by atoms with Crippen LogP contribution in [0, 0.1) is 10.1 Å². The number of nitrogens with one attached hydrogen (secondary N) is 1. The van der Waals surface area contributed by atoms with Gasteiger partial charge in [0.15, 0.2) is 0 Å². The Morgan fingerprint density at radius 3 is 2.26 bits per heavy atom. The Kier molecular flexibility index (Phi) is 3.78. The van der Waals surface area contributed by atoms with Crippen molar-refractivity contribution in [2.45, 2.75) is 0 Å². The summed E-state index contributed by atoms with van der Waals surface area (Å²) in [6.45, 7) is 0. The Morgan fingerprint density at radius 1 is 1.11 bits per heavy atom. The third-order valence-corrected chi connectivity index (χ3v) is 3.10. The topological polar surface area (TPSA) is 81.2 Å². The van der Waals surface area contributed by atoms with Crippen LogP contribution in [0.25, 0.3) is 0 Å². The molecule has 19 heavy (non-hydrogen) atoms. The SMILES string of the molecule is Nc1cccc(Nc2c(Cl)cccc2Cl)c1[N+](=O)[O-]. The molecular formula is C12H9Cl2N3O2. The molecule has 0 aliphatic carbocycles. The van der Waals surface area contributed by atoms with Gasteiger partial charge < -0.3 is 11.1 Å². The molecule has 5 nitrogen and oxygen atoms in total. The summed E-state index contributed by atoms with van der Waals surface area (Å²) in [7, 11) is 0. The highest BCUT2D eigenvalue weighted by Gasteiger charge is 2.19. The van der Waals surface area contributed by atoms with Crippen LogP contribution in [0.5, 0.6) is 0 Å². The molecular weight excluding hydrogens is 289 g/mol. The van der Waals surface area contributed by atoms with Gasteiger partial charge >= 0.3 is 5.69 Å². The highest BCUT2D eigenvalue weighted by molar-refractivity contribution is 6.39. The Balaban J connectivity index is 2.50. The zero-order valence-electron chi connectivity index (χ0n) is 9.56. The molecule has 0 atom stereocenters. The van der Waals surface area contributed by atoms with Crippen molar-refractivity contribution in [3.63, 3.8) is 0 Å². The highest BCUT2D eigenvalue weighted by Crippen LogP contribution is 2.37. The second-order valence-electron chi connectivity index (χ2n) is 3.72. The average Bonchev–Trinajstić information content (AvgIpc) is 2.33. The van der Waals surface area contributed by atoms with Crippen LogP contribution in [0.4, 0.5) is 22.7 Å². The summed E-state index contributed by atoms with van der Waals surface area (Å²) in [5, 5.41) is 14.6. The van der Waals surface area contributed by atoms with Crippen LogP contribution in [-0.4, -0.2) is 4.92 Å². The van der Waals surface area contributed by atoms with Crippen molar-refractivity contribution in [1.29, 1.82) is 0 Å². The van der Waals surface area contributed by atoms with Gasteiger partial charge in [-0.15, -0.1) is 0 Å². The maximum atomic E-state index is 11.0. The van der Waals surface area contributed by atoms with E-state index in [9.17, 15) is 10.1 Å². The lowest BCUT2D eigenvalue weighted by molar-refractivity contribution is -0.383. The van der Waals surface area contributed by atoms with Crippen molar-refractivity contribution < 1.29 is 4.92 Å². The van der Waals surface area contributed by atoms with E-state index >= 15 is 0 Å². The third-order valence-electron chi connectivity index (χ3n) is 2.47. The number of nitro benzene ring substituents is 1. The number of nitrogen functional groups attached to an aromatic ring is 1. The van der Waals surface area contributed by atoms with Crippen LogP contribution in [0.3, 0.4) is 0 Å². The van der Waals surface area contributed by atoms with Crippen molar-refractivity contribution in [3.05, 3.63) is 56.6 Å². The summed E-state index contributed by atoms with van der Waals surface area (Å²) in [6, 6.07) is 9.55. The fourth-order valence-corrected chi connectivity index (χ4v) is 2.11. The van der Waals surface area contributed by atoms with E-state index in [1.807, 2.05) is 0 Å². The minimum Gasteiger partial charge on any atom is -0.393 e. The van der Waals surface area contributed by atoms with Crippen LogP contribution >= 0.6 is 23.2 Å². The van der Waals surface area contributed by atoms with E-state index in [1.54, 1.807) is 24.3 Å². The quantitative estimate of drug-likeness (QED) is 0.505. The first kappa shape index (κ1) is 13.5. The second-order valence-corrected chi connectivity index (χ2v) is 4.54. The fourth-order valence-electron chi connectivity index (χ4n) is 1.62. The molecule has 2 aromatic rings. The molecule has 7 heteroatoms. The number of benzene rings is 2. The van der Waals surface area contributed by atoms with Gasteiger partial charge in [0.25, 0.3) is 0 Å². The molecule has 0 saturated carbocycles. The molecule has 0 spiro atoms. The largest absolute Gasteiger partial charge is 0.393 e. The van der Waals surface area contributed by atoms with Crippen LogP contribution in [-0.2, 0) is 0 Å². The first-order chi connectivity index (χ1) is 9.00. The number of rotatable bonds is 3. The van der Waals surface area contributed by atoms with Crippen LogP contribution in [0.1, 0.15) is 0 Å². The van der Waals surface area contributed by atoms with Gasteiger partial charge in [0.1, 0.15) is 11.4 Å². The lowest BCUT2D eigenvalue weighted by atomic mass is 10.2. The predicted molar refractivity (Wildman–Crippen MR) is 77.3 cm³/mol. The Morgan fingerprint density at radius 2 is 1.68 bits per heavy atom. The number of nitro groups is 1. The summed E-state index contributed by atoms with van der Waals surface area (Å²) in [5.41, 5.74) is 6.10.